The summed E-state index contributed by atoms with van der Waals surface area (Å²) < 4.78 is 25.4. The maximum atomic E-state index is 12.4. The first-order valence-corrected chi connectivity index (χ1v) is 11.4. The van der Waals surface area contributed by atoms with Gasteiger partial charge in [0.25, 0.3) is 0 Å². The van der Waals surface area contributed by atoms with Gasteiger partial charge in [0.1, 0.15) is 5.82 Å². The number of nitrogens with zero attached hydrogens (tertiary/aromatic N) is 3. The Bertz CT molecular complexity index is 925. The monoisotopic (exact) mass is 406 g/mol. The van der Waals surface area contributed by atoms with Gasteiger partial charge in [-0.25, -0.2) is 8.42 Å². The topological polar surface area (TPSA) is 93.9 Å². The third-order valence-electron chi connectivity index (χ3n) is 4.35. The predicted molar refractivity (Wildman–Crippen MR) is 107 cm³/mol. The largest absolute Gasteiger partial charge is 0.325 e. The van der Waals surface area contributed by atoms with Crippen molar-refractivity contribution in [3.63, 3.8) is 0 Å². The Morgan fingerprint density at radius 3 is 2.78 bits per heavy atom. The molecule has 27 heavy (non-hydrogen) atoms. The van der Waals surface area contributed by atoms with Gasteiger partial charge < -0.3 is 9.88 Å². The third-order valence-corrected chi connectivity index (χ3v) is 7.20. The molecule has 2 aromatic rings. The van der Waals surface area contributed by atoms with Gasteiger partial charge in [-0.2, -0.15) is 0 Å². The average molecular weight is 407 g/mol. The number of hydrogen-bond acceptors (Lipinski definition) is 6. The summed E-state index contributed by atoms with van der Waals surface area (Å²) in [7, 11) is -3.01. The molecule has 0 spiro atoms. The summed E-state index contributed by atoms with van der Waals surface area (Å²) in [4.78, 5) is 12.4. The van der Waals surface area contributed by atoms with Crippen LogP contribution < -0.4 is 5.32 Å². The Hall–Kier alpha value is -2.13. The van der Waals surface area contributed by atoms with Crippen molar-refractivity contribution in [2.45, 2.75) is 36.2 Å². The van der Waals surface area contributed by atoms with Gasteiger partial charge in [0.15, 0.2) is 15.0 Å². The lowest BCUT2D eigenvalue weighted by molar-refractivity contribution is -0.115. The van der Waals surface area contributed by atoms with Crippen LogP contribution >= 0.6 is 11.8 Å². The number of rotatable bonds is 7. The van der Waals surface area contributed by atoms with Crippen molar-refractivity contribution in [3.8, 4) is 0 Å². The van der Waals surface area contributed by atoms with E-state index in [-0.39, 0.29) is 23.3 Å². The highest BCUT2D eigenvalue weighted by Gasteiger charge is 2.33. The lowest BCUT2D eigenvalue weighted by Gasteiger charge is -2.14. The number of carbonyl (C=O) groups is 1. The van der Waals surface area contributed by atoms with Gasteiger partial charge in [-0.3, -0.25) is 4.79 Å². The molecule has 0 radical (unpaired) electrons. The summed E-state index contributed by atoms with van der Waals surface area (Å²) in [5, 5.41) is 11.5. The van der Waals surface area contributed by atoms with Crippen molar-refractivity contribution < 1.29 is 13.2 Å². The number of sulfone groups is 1. The van der Waals surface area contributed by atoms with Crippen molar-refractivity contribution in [3.05, 3.63) is 48.8 Å². The number of carbonyl (C=O) groups excluding carboxylic acids is 1. The number of para-hydroxylation sites is 1. The van der Waals surface area contributed by atoms with Crippen molar-refractivity contribution in [1.29, 1.82) is 0 Å². The smallest absolute Gasteiger partial charge is 0.237 e. The van der Waals surface area contributed by atoms with Crippen LogP contribution in [0.2, 0.25) is 0 Å². The van der Waals surface area contributed by atoms with Crippen molar-refractivity contribution in [1.82, 2.24) is 14.8 Å². The average Bonchev–Trinajstić information content (AvgIpc) is 3.19. The van der Waals surface area contributed by atoms with Gasteiger partial charge in [-0.1, -0.05) is 36.0 Å². The molecule has 2 atom stereocenters. The van der Waals surface area contributed by atoms with Crippen LogP contribution in [-0.4, -0.2) is 45.8 Å². The Morgan fingerprint density at radius 2 is 2.15 bits per heavy atom. The Morgan fingerprint density at radius 1 is 1.41 bits per heavy atom. The Balaban J connectivity index is 1.74. The van der Waals surface area contributed by atoms with Crippen LogP contribution in [-0.2, 0) is 21.2 Å². The lowest BCUT2D eigenvalue weighted by atomic mass is 10.1. The van der Waals surface area contributed by atoms with Gasteiger partial charge in [-0.15, -0.1) is 16.8 Å². The number of hydrogen-bond donors (Lipinski definition) is 1. The number of benzene rings is 1. The molecule has 1 aromatic heterocycles. The second-order valence-corrected chi connectivity index (χ2v) is 9.99. The molecule has 1 N–H and O–H groups in total. The van der Waals surface area contributed by atoms with Gasteiger partial charge in [0.05, 0.1) is 16.8 Å². The highest BCUT2D eigenvalue weighted by atomic mass is 32.2. The van der Waals surface area contributed by atoms with Crippen molar-refractivity contribution in [2.24, 2.45) is 0 Å². The maximum absolute atomic E-state index is 12.4. The third kappa shape index (κ3) is 4.78. The molecule has 0 aliphatic carbocycles. The first-order chi connectivity index (χ1) is 12.9. The van der Waals surface area contributed by atoms with E-state index in [9.17, 15) is 13.2 Å². The molecular formula is C18H22N4O3S2. The number of allylic oxidation sites excluding steroid dienone is 1. The van der Waals surface area contributed by atoms with E-state index < -0.39 is 15.1 Å². The van der Waals surface area contributed by atoms with E-state index in [1.807, 2.05) is 34.9 Å². The van der Waals surface area contributed by atoms with E-state index in [2.05, 4.69) is 22.1 Å². The van der Waals surface area contributed by atoms with Gasteiger partial charge >= 0.3 is 0 Å². The SMILES string of the molecule is C=CCn1c(S[C@@H](C)C(=O)Nc2ccccc2)nnc1[C@@H]1CCS(=O)(=O)C1. The quantitative estimate of drug-likeness (QED) is 0.561. The van der Waals surface area contributed by atoms with E-state index in [4.69, 9.17) is 0 Å². The highest BCUT2D eigenvalue weighted by molar-refractivity contribution is 8.00. The Labute approximate surface area is 163 Å². The fraction of sp³-hybridized carbons (Fsp3) is 0.389. The molecule has 7 nitrogen and oxygen atoms in total. The van der Waals surface area contributed by atoms with Crippen LogP contribution in [0.1, 0.15) is 25.1 Å². The van der Waals surface area contributed by atoms with E-state index in [0.29, 0.717) is 23.9 Å². The fourth-order valence-corrected chi connectivity index (χ4v) is 5.57. The molecule has 3 rings (SSSR count). The van der Waals surface area contributed by atoms with E-state index >= 15 is 0 Å². The van der Waals surface area contributed by atoms with Crippen LogP contribution in [0, 0.1) is 0 Å². The summed E-state index contributed by atoms with van der Waals surface area (Å²) in [6, 6.07) is 9.25. The normalized spacial score (nSPS) is 19.5. The molecule has 1 aliphatic heterocycles. The van der Waals surface area contributed by atoms with Gasteiger partial charge in [0.2, 0.25) is 5.91 Å². The lowest BCUT2D eigenvalue weighted by Crippen LogP contribution is -2.23. The second-order valence-electron chi connectivity index (χ2n) is 6.46. The van der Waals surface area contributed by atoms with Crippen LogP contribution in [0.25, 0.3) is 0 Å². The first kappa shape index (κ1) is 19.6. The molecule has 0 saturated carbocycles. The van der Waals surface area contributed by atoms with E-state index in [1.165, 1.54) is 11.8 Å². The minimum Gasteiger partial charge on any atom is -0.325 e. The van der Waals surface area contributed by atoms with Crippen molar-refractivity contribution >= 4 is 33.2 Å². The van der Waals surface area contributed by atoms with Crippen LogP contribution in [0.4, 0.5) is 5.69 Å². The van der Waals surface area contributed by atoms with Crippen LogP contribution in [0.15, 0.2) is 48.1 Å². The molecule has 1 aromatic carbocycles. The molecule has 0 unspecified atom stereocenters. The fourth-order valence-electron chi connectivity index (χ4n) is 2.97. The maximum Gasteiger partial charge on any atom is 0.237 e. The van der Waals surface area contributed by atoms with E-state index in [0.717, 1.165) is 5.69 Å². The zero-order valence-corrected chi connectivity index (χ0v) is 16.7. The van der Waals surface area contributed by atoms with E-state index in [1.54, 1.807) is 13.0 Å². The number of aromatic nitrogens is 3. The molecule has 0 bridgehead atoms. The predicted octanol–water partition coefficient (Wildman–Crippen LogP) is 2.49. The molecule has 9 heteroatoms. The first-order valence-electron chi connectivity index (χ1n) is 8.66. The number of amides is 1. The van der Waals surface area contributed by atoms with Crippen molar-refractivity contribution in [2.75, 3.05) is 16.8 Å². The molecule has 144 valence electrons. The minimum atomic E-state index is -3.01. The minimum absolute atomic E-state index is 0.0942. The number of nitrogens with one attached hydrogen (secondary N) is 1. The summed E-state index contributed by atoms with van der Waals surface area (Å²) in [5.74, 6) is 0.622. The zero-order valence-electron chi connectivity index (χ0n) is 15.0. The number of thioether (sulfide) groups is 1. The Kier molecular flexibility index (Phi) is 6.01. The molecule has 1 saturated heterocycles. The molecule has 1 fully saturated rings. The number of anilines is 1. The summed E-state index contributed by atoms with van der Waals surface area (Å²) in [5.41, 5.74) is 0.736. The zero-order chi connectivity index (χ0) is 19.4. The van der Waals surface area contributed by atoms with Gasteiger partial charge in [0, 0.05) is 18.2 Å². The van der Waals surface area contributed by atoms with Gasteiger partial charge in [-0.05, 0) is 25.5 Å². The molecule has 2 heterocycles. The summed E-state index contributed by atoms with van der Waals surface area (Å²) >= 11 is 1.30. The molecule has 1 amide bonds. The highest BCUT2D eigenvalue weighted by Crippen LogP contribution is 2.31. The van der Waals surface area contributed by atoms with Crippen LogP contribution in [0.3, 0.4) is 0 Å². The molecular weight excluding hydrogens is 384 g/mol. The molecule has 1 aliphatic rings. The summed E-state index contributed by atoms with van der Waals surface area (Å²) in [6.07, 6.45) is 2.27. The summed E-state index contributed by atoms with van der Waals surface area (Å²) in [6.45, 7) is 6.03. The second kappa shape index (κ2) is 8.26. The standard InChI is InChI=1S/C18H22N4O3S2/c1-3-10-22-16(14-9-11-27(24,25)12-14)20-21-18(22)26-13(2)17(23)19-15-7-5-4-6-8-15/h3-8,13-14H,1,9-12H2,2H3,(H,19,23)/t13-,14+/m0/s1. The van der Waals surface area contributed by atoms with Crippen LogP contribution in [0.5, 0.6) is 0 Å².